The number of aliphatic hydroxyl groups excluding tert-OH is 1. The number of aliphatic hydroxyl groups is 1. The van der Waals surface area contributed by atoms with E-state index in [1.54, 1.807) is 18.0 Å². The van der Waals surface area contributed by atoms with E-state index in [1.165, 1.54) is 16.0 Å². The summed E-state index contributed by atoms with van der Waals surface area (Å²) in [4.78, 5) is 5.60. The van der Waals surface area contributed by atoms with Crippen LogP contribution in [0.5, 0.6) is 0 Å². The Morgan fingerprint density at radius 1 is 1.06 bits per heavy atom. The van der Waals surface area contributed by atoms with E-state index in [0.29, 0.717) is 0 Å². The van der Waals surface area contributed by atoms with Gasteiger partial charge < -0.3 is 5.11 Å². The highest BCUT2D eigenvalue weighted by Crippen LogP contribution is 2.29. The molecule has 18 heavy (non-hydrogen) atoms. The first-order valence-electron chi connectivity index (χ1n) is 5.91. The van der Waals surface area contributed by atoms with Gasteiger partial charge >= 0.3 is 0 Å². The molecule has 0 aliphatic heterocycles. The molecule has 2 aromatic rings. The zero-order valence-electron chi connectivity index (χ0n) is 10.9. The van der Waals surface area contributed by atoms with Crippen LogP contribution < -0.4 is 0 Å². The van der Waals surface area contributed by atoms with Gasteiger partial charge in [0.05, 0.1) is 6.61 Å². The first-order chi connectivity index (χ1) is 8.60. The first kappa shape index (κ1) is 13.1. The minimum Gasteiger partial charge on any atom is -0.392 e. The van der Waals surface area contributed by atoms with Gasteiger partial charge in [0.15, 0.2) is 0 Å². The molecular formula is C15H17NOS. The Morgan fingerprint density at radius 3 is 2.44 bits per heavy atom. The number of rotatable bonds is 3. The third kappa shape index (κ3) is 2.92. The van der Waals surface area contributed by atoms with Crippen LogP contribution in [-0.2, 0) is 6.61 Å². The fourth-order valence-corrected chi connectivity index (χ4v) is 2.62. The lowest BCUT2D eigenvalue weighted by Gasteiger charge is -2.07. The minimum atomic E-state index is 0.0441. The van der Waals surface area contributed by atoms with Crippen molar-refractivity contribution in [3.63, 3.8) is 0 Å². The molecule has 0 radical (unpaired) electrons. The third-order valence-electron chi connectivity index (χ3n) is 2.96. The molecule has 2 rings (SSSR count). The van der Waals surface area contributed by atoms with E-state index in [1.807, 2.05) is 13.0 Å². The fourth-order valence-electron chi connectivity index (χ4n) is 1.70. The van der Waals surface area contributed by atoms with Crippen LogP contribution in [0.2, 0.25) is 0 Å². The molecule has 3 heteroatoms. The maximum atomic E-state index is 9.06. The van der Waals surface area contributed by atoms with Crippen LogP contribution in [0, 0.1) is 20.8 Å². The Balaban J connectivity index is 2.25. The summed E-state index contributed by atoms with van der Waals surface area (Å²) in [7, 11) is 0. The van der Waals surface area contributed by atoms with Crippen molar-refractivity contribution in [2.45, 2.75) is 37.3 Å². The summed E-state index contributed by atoms with van der Waals surface area (Å²) >= 11 is 1.66. The Hall–Kier alpha value is -1.32. The summed E-state index contributed by atoms with van der Waals surface area (Å²) in [5.74, 6) is 0. The van der Waals surface area contributed by atoms with Crippen molar-refractivity contribution in [1.29, 1.82) is 0 Å². The van der Waals surface area contributed by atoms with Gasteiger partial charge in [-0.25, -0.2) is 4.98 Å². The number of aryl methyl sites for hydroxylation is 3. The summed E-state index contributed by atoms with van der Waals surface area (Å²) in [5.41, 5.74) is 4.56. The molecule has 0 amide bonds. The highest BCUT2D eigenvalue weighted by molar-refractivity contribution is 7.99. The second-order valence-electron chi connectivity index (χ2n) is 4.47. The van der Waals surface area contributed by atoms with E-state index < -0.39 is 0 Å². The van der Waals surface area contributed by atoms with E-state index >= 15 is 0 Å². The van der Waals surface area contributed by atoms with Gasteiger partial charge in [-0.3, -0.25) is 0 Å². The first-order valence-corrected chi connectivity index (χ1v) is 6.73. The van der Waals surface area contributed by atoms with Gasteiger partial charge in [-0.15, -0.1) is 0 Å². The van der Waals surface area contributed by atoms with Crippen molar-refractivity contribution in [1.82, 2.24) is 4.98 Å². The van der Waals surface area contributed by atoms with Crippen molar-refractivity contribution in [3.8, 4) is 0 Å². The predicted octanol–water partition coefficient (Wildman–Crippen LogP) is 3.65. The minimum absolute atomic E-state index is 0.0441. The lowest BCUT2D eigenvalue weighted by atomic mass is 10.1. The Kier molecular flexibility index (Phi) is 4.04. The van der Waals surface area contributed by atoms with Gasteiger partial charge in [-0.1, -0.05) is 17.8 Å². The predicted molar refractivity (Wildman–Crippen MR) is 74.9 cm³/mol. The highest BCUT2D eigenvalue weighted by atomic mass is 32.2. The SMILES string of the molecule is Cc1ccc(Sc2ncc(CO)cc2C)cc1C. The molecule has 1 heterocycles. The van der Waals surface area contributed by atoms with Crippen molar-refractivity contribution < 1.29 is 5.11 Å². The lowest BCUT2D eigenvalue weighted by molar-refractivity contribution is 0.281. The molecule has 94 valence electrons. The van der Waals surface area contributed by atoms with Crippen molar-refractivity contribution in [2.75, 3.05) is 0 Å². The number of hydrogen-bond donors (Lipinski definition) is 1. The molecule has 0 atom stereocenters. The van der Waals surface area contributed by atoms with Crippen molar-refractivity contribution >= 4 is 11.8 Å². The Bertz CT molecular complexity index is 566. The molecular weight excluding hydrogens is 242 g/mol. The van der Waals surface area contributed by atoms with Crippen LogP contribution >= 0.6 is 11.8 Å². The van der Waals surface area contributed by atoms with Crippen LogP contribution in [0.3, 0.4) is 0 Å². The smallest absolute Gasteiger partial charge is 0.104 e. The van der Waals surface area contributed by atoms with Gasteiger partial charge in [0.1, 0.15) is 5.03 Å². The zero-order chi connectivity index (χ0) is 13.1. The standard InChI is InChI=1S/C15H17NOS/c1-10-4-5-14(7-11(10)2)18-15-12(3)6-13(9-17)8-16-15/h4-8,17H,9H2,1-3H3. The van der Waals surface area contributed by atoms with E-state index in [4.69, 9.17) is 5.11 Å². The summed E-state index contributed by atoms with van der Waals surface area (Å²) in [6.45, 7) is 6.30. The number of benzene rings is 1. The molecule has 0 saturated carbocycles. The monoisotopic (exact) mass is 259 g/mol. The van der Waals surface area contributed by atoms with Crippen LogP contribution in [0.1, 0.15) is 22.3 Å². The summed E-state index contributed by atoms with van der Waals surface area (Å²) in [6.07, 6.45) is 1.73. The average molecular weight is 259 g/mol. The molecule has 0 fully saturated rings. The number of hydrogen-bond acceptors (Lipinski definition) is 3. The van der Waals surface area contributed by atoms with E-state index in [2.05, 4.69) is 37.0 Å². The average Bonchev–Trinajstić information content (AvgIpc) is 2.36. The van der Waals surface area contributed by atoms with Gasteiger partial charge in [0.25, 0.3) is 0 Å². The largest absolute Gasteiger partial charge is 0.392 e. The molecule has 2 nitrogen and oxygen atoms in total. The van der Waals surface area contributed by atoms with Crippen LogP contribution in [0.4, 0.5) is 0 Å². The number of aromatic nitrogens is 1. The topological polar surface area (TPSA) is 33.1 Å². The second kappa shape index (κ2) is 5.55. The van der Waals surface area contributed by atoms with Gasteiger partial charge in [0.2, 0.25) is 0 Å². The molecule has 0 bridgehead atoms. The fraction of sp³-hybridized carbons (Fsp3) is 0.267. The van der Waals surface area contributed by atoms with E-state index in [-0.39, 0.29) is 6.61 Å². The maximum Gasteiger partial charge on any atom is 0.104 e. The highest BCUT2D eigenvalue weighted by Gasteiger charge is 2.05. The normalized spacial score (nSPS) is 10.7. The van der Waals surface area contributed by atoms with Crippen LogP contribution in [-0.4, -0.2) is 10.1 Å². The van der Waals surface area contributed by atoms with Crippen molar-refractivity contribution in [3.05, 3.63) is 52.7 Å². The lowest BCUT2D eigenvalue weighted by Crippen LogP contribution is -1.91. The van der Waals surface area contributed by atoms with Gasteiger partial charge in [-0.2, -0.15) is 0 Å². The van der Waals surface area contributed by atoms with Crippen LogP contribution in [0.25, 0.3) is 0 Å². The Morgan fingerprint density at radius 2 is 1.83 bits per heavy atom. The van der Waals surface area contributed by atoms with Crippen molar-refractivity contribution in [2.24, 2.45) is 0 Å². The van der Waals surface area contributed by atoms with Crippen LogP contribution in [0.15, 0.2) is 40.4 Å². The Labute approximate surface area is 112 Å². The van der Waals surface area contributed by atoms with Gasteiger partial charge in [-0.05, 0) is 61.2 Å². The van der Waals surface area contributed by atoms with E-state index in [0.717, 1.165) is 16.2 Å². The van der Waals surface area contributed by atoms with Gasteiger partial charge in [0, 0.05) is 11.1 Å². The maximum absolute atomic E-state index is 9.06. The summed E-state index contributed by atoms with van der Waals surface area (Å²) in [6, 6.07) is 8.42. The second-order valence-corrected chi connectivity index (χ2v) is 5.53. The molecule has 1 aromatic carbocycles. The summed E-state index contributed by atoms with van der Waals surface area (Å²) in [5, 5.41) is 10.1. The number of pyridine rings is 1. The number of nitrogens with zero attached hydrogens (tertiary/aromatic N) is 1. The molecule has 0 saturated heterocycles. The summed E-state index contributed by atoms with van der Waals surface area (Å²) < 4.78 is 0. The quantitative estimate of drug-likeness (QED) is 0.913. The third-order valence-corrected chi connectivity index (χ3v) is 4.07. The molecule has 0 aliphatic rings. The zero-order valence-corrected chi connectivity index (χ0v) is 11.7. The van der Waals surface area contributed by atoms with E-state index in [9.17, 15) is 0 Å². The molecule has 0 aliphatic carbocycles. The molecule has 0 unspecified atom stereocenters. The molecule has 1 aromatic heterocycles. The molecule has 1 N–H and O–H groups in total. The molecule has 0 spiro atoms.